The number of carbonyl (C=O) groups is 1. The number of para-hydroxylation sites is 1. The number of hydrogen-bond donors (Lipinski definition) is 0. The molecule has 1 amide bonds. The Labute approximate surface area is 130 Å². The van der Waals surface area contributed by atoms with Crippen LogP contribution in [0.1, 0.15) is 23.3 Å². The Morgan fingerprint density at radius 1 is 1.05 bits per heavy atom. The Kier molecular flexibility index (Phi) is 3.42. The third kappa shape index (κ3) is 2.52. The number of nitrogens with zero attached hydrogens (tertiary/aromatic N) is 4. The van der Waals surface area contributed by atoms with Crippen LogP contribution in [0, 0.1) is 0 Å². The molecule has 2 heterocycles. The highest BCUT2D eigenvalue weighted by molar-refractivity contribution is 5.93. The summed E-state index contributed by atoms with van der Waals surface area (Å²) < 4.78 is 1.87. The average molecular weight is 296 g/mol. The molecule has 1 aromatic heterocycles. The van der Waals surface area contributed by atoms with Gasteiger partial charge in [0.1, 0.15) is 5.69 Å². The minimum Gasteiger partial charge on any atom is -0.335 e. The molecule has 5 heteroatoms. The lowest BCUT2D eigenvalue weighted by Gasteiger charge is -2.34. The standard InChI is InChI=1S/C17H20N4O/c22-17(20-10-8-19(9-11-20)14-6-7-14)16-12-18-13-21(16)15-4-2-1-3-5-15/h1-5,12-14H,6-11H2. The molecule has 2 aromatic rings. The first-order chi connectivity index (χ1) is 10.8. The van der Waals surface area contributed by atoms with Crippen molar-refractivity contribution in [2.75, 3.05) is 26.2 Å². The van der Waals surface area contributed by atoms with Crippen LogP contribution in [0.25, 0.3) is 5.69 Å². The van der Waals surface area contributed by atoms with Gasteiger partial charge >= 0.3 is 0 Å². The molecule has 22 heavy (non-hydrogen) atoms. The summed E-state index contributed by atoms with van der Waals surface area (Å²) in [7, 11) is 0. The van der Waals surface area contributed by atoms with Crippen LogP contribution in [0.2, 0.25) is 0 Å². The summed E-state index contributed by atoms with van der Waals surface area (Å²) in [6.45, 7) is 3.62. The van der Waals surface area contributed by atoms with Crippen molar-refractivity contribution in [1.29, 1.82) is 0 Å². The van der Waals surface area contributed by atoms with Crippen molar-refractivity contribution >= 4 is 5.91 Å². The van der Waals surface area contributed by atoms with Gasteiger partial charge in [0.05, 0.1) is 12.5 Å². The summed E-state index contributed by atoms with van der Waals surface area (Å²) in [6, 6.07) is 10.7. The normalized spacial score (nSPS) is 19.4. The molecule has 1 saturated carbocycles. The van der Waals surface area contributed by atoms with Crippen molar-refractivity contribution in [2.24, 2.45) is 0 Å². The van der Waals surface area contributed by atoms with Crippen LogP contribution in [0.5, 0.6) is 0 Å². The van der Waals surface area contributed by atoms with Crippen LogP contribution in [0.3, 0.4) is 0 Å². The third-order valence-electron chi connectivity index (χ3n) is 4.56. The molecular formula is C17H20N4O. The number of aromatic nitrogens is 2. The molecular weight excluding hydrogens is 276 g/mol. The van der Waals surface area contributed by atoms with Gasteiger partial charge in [-0.05, 0) is 25.0 Å². The van der Waals surface area contributed by atoms with Gasteiger partial charge in [0.2, 0.25) is 0 Å². The zero-order valence-corrected chi connectivity index (χ0v) is 12.6. The molecule has 2 aliphatic rings. The van der Waals surface area contributed by atoms with Gasteiger partial charge in [-0.25, -0.2) is 4.98 Å². The molecule has 0 bridgehead atoms. The van der Waals surface area contributed by atoms with Crippen LogP contribution < -0.4 is 0 Å². The quantitative estimate of drug-likeness (QED) is 0.867. The zero-order chi connectivity index (χ0) is 14.9. The SMILES string of the molecule is O=C(c1cncn1-c1ccccc1)N1CCN(C2CC2)CC1. The number of imidazole rings is 1. The molecule has 0 spiro atoms. The summed E-state index contributed by atoms with van der Waals surface area (Å²) >= 11 is 0. The van der Waals surface area contributed by atoms with Gasteiger partial charge in [-0.1, -0.05) is 18.2 Å². The molecule has 114 valence electrons. The Morgan fingerprint density at radius 2 is 1.77 bits per heavy atom. The van der Waals surface area contributed by atoms with E-state index in [2.05, 4.69) is 9.88 Å². The van der Waals surface area contributed by atoms with Crippen LogP contribution >= 0.6 is 0 Å². The Morgan fingerprint density at radius 3 is 2.45 bits per heavy atom. The highest BCUT2D eigenvalue weighted by atomic mass is 16.2. The topological polar surface area (TPSA) is 41.4 Å². The number of piperazine rings is 1. The predicted molar refractivity (Wildman–Crippen MR) is 84.1 cm³/mol. The van der Waals surface area contributed by atoms with E-state index in [4.69, 9.17) is 0 Å². The molecule has 0 unspecified atom stereocenters. The average Bonchev–Trinajstić information content (AvgIpc) is 3.32. The smallest absolute Gasteiger partial charge is 0.272 e. The fourth-order valence-electron chi connectivity index (χ4n) is 3.14. The van der Waals surface area contributed by atoms with Gasteiger partial charge < -0.3 is 4.90 Å². The Bertz CT molecular complexity index is 654. The molecule has 2 fully saturated rings. The van der Waals surface area contributed by atoms with E-state index >= 15 is 0 Å². The minimum atomic E-state index is 0.0804. The molecule has 1 aromatic carbocycles. The van der Waals surface area contributed by atoms with E-state index in [1.54, 1.807) is 12.5 Å². The second kappa shape index (κ2) is 5.57. The lowest BCUT2D eigenvalue weighted by Crippen LogP contribution is -2.49. The molecule has 0 N–H and O–H groups in total. The van der Waals surface area contributed by atoms with Crippen LogP contribution in [0.15, 0.2) is 42.9 Å². The third-order valence-corrected chi connectivity index (χ3v) is 4.56. The number of rotatable bonds is 3. The maximum absolute atomic E-state index is 12.8. The number of carbonyl (C=O) groups excluding carboxylic acids is 1. The number of amides is 1. The van der Waals surface area contributed by atoms with E-state index in [-0.39, 0.29) is 5.91 Å². The van der Waals surface area contributed by atoms with E-state index in [0.29, 0.717) is 5.69 Å². The Balaban J connectivity index is 1.50. The van der Waals surface area contributed by atoms with Crippen molar-refractivity contribution in [2.45, 2.75) is 18.9 Å². The fraction of sp³-hybridized carbons (Fsp3) is 0.412. The number of hydrogen-bond acceptors (Lipinski definition) is 3. The van der Waals surface area contributed by atoms with Gasteiger partial charge in [-0.15, -0.1) is 0 Å². The van der Waals surface area contributed by atoms with E-state index in [1.165, 1.54) is 12.8 Å². The molecule has 5 nitrogen and oxygen atoms in total. The highest BCUT2D eigenvalue weighted by Gasteiger charge is 2.33. The molecule has 4 rings (SSSR count). The maximum Gasteiger partial charge on any atom is 0.272 e. The van der Waals surface area contributed by atoms with Gasteiger partial charge in [-0.2, -0.15) is 0 Å². The van der Waals surface area contributed by atoms with Gasteiger partial charge in [0.15, 0.2) is 0 Å². The summed E-state index contributed by atoms with van der Waals surface area (Å²) in [4.78, 5) is 21.4. The van der Waals surface area contributed by atoms with E-state index in [0.717, 1.165) is 37.9 Å². The second-order valence-electron chi connectivity index (χ2n) is 6.04. The molecule has 0 radical (unpaired) electrons. The molecule has 1 aliphatic carbocycles. The van der Waals surface area contributed by atoms with Gasteiger partial charge in [-0.3, -0.25) is 14.3 Å². The minimum absolute atomic E-state index is 0.0804. The summed E-state index contributed by atoms with van der Waals surface area (Å²) in [6.07, 6.45) is 6.04. The first kappa shape index (κ1) is 13.5. The van der Waals surface area contributed by atoms with Crippen LogP contribution in [-0.4, -0.2) is 57.5 Å². The first-order valence-electron chi connectivity index (χ1n) is 7.94. The van der Waals surface area contributed by atoms with Crippen LogP contribution in [0.4, 0.5) is 0 Å². The van der Waals surface area contributed by atoms with Crippen molar-refractivity contribution in [1.82, 2.24) is 19.4 Å². The number of benzene rings is 1. The molecule has 1 saturated heterocycles. The first-order valence-corrected chi connectivity index (χ1v) is 7.94. The summed E-state index contributed by atoms with van der Waals surface area (Å²) in [5, 5.41) is 0. The van der Waals surface area contributed by atoms with E-state index in [9.17, 15) is 4.79 Å². The molecule has 0 atom stereocenters. The zero-order valence-electron chi connectivity index (χ0n) is 12.6. The van der Waals surface area contributed by atoms with Gasteiger partial charge in [0.25, 0.3) is 5.91 Å². The van der Waals surface area contributed by atoms with Gasteiger partial charge in [0, 0.05) is 37.9 Å². The fourth-order valence-corrected chi connectivity index (χ4v) is 3.14. The van der Waals surface area contributed by atoms with Crippen molar-refractivity contribution in [3.05, 3.63) is 48.5 Å². The van der Waals surface area contributed by atoms with E-state index in [1.807, 2.05) is 39.8 Å². The van der Waals surface area contributed by atoms with Crippen molar-refractivity contribution in [3.8, 4) is 5.69 Å². The Hall–Kier alpha value is -2.14. The highest BCUT2D eigenvalue weighted by Crippen LogP contribution is 2.27. The lowest BCUT2D eigenvalue weighted by atomic mass is 10.2. The van der Waals surface area contributed by atoms with Crippen molar-refractivity contribution in [3.63, 3.8) is 0 Å². The molecule has 1 aliphatic heterocycles. The van der Waals surface area contributed by atoms with Crippen molar-refractivity contribution < 1.29 is 4.79 Å². The summed E-state index contributed by atoms with van der Waals surface area (Å²) in [5.74, 6) is 0.0804. The lowest BCUT2D eigenvalue weighted by molar-refractivity contribution is 0.0619. The van der Waals surface area contributed by atoms with Crippen LogP contribution in [-0.2, 0) is 0 Å². The predicted octanol–water partition coefficient (Wildman–Crippen LogP) is 1.79. The largest absolute Gasteiger partial charge is 0.335 e. The van der Waals surface area contributed by atoms with E-state index < -0.39 is 0 Å². The maximum atomic E-state index is 12.8. The second-order valence-corrected chi connectivity index (χ2v) is 6.04. The monoisotopic (exact) mass is 296 g/mol. The summed E-state index contributed by atoms with van der Waals surface area (Å²) in [5.41, 5.74) is 1.62.